The molecule has 1 N–H and O–H groups in total. The number of nitrogens with zero attached hydrogens (tertiary/aromatic N) is 2. The molecule has 0 saturated heterocycles. The number of Topliss-reactive ketones (excluding diaryl/α,β-unsaturated/α-hetero) is 1. The largest absolute Gasteiger partial charge is 0.360 e. The summed E-state index contributed by atoms with van der Waals surface area (Å²) in [5.41, 5.74) is 1.71. The number of carbonyl (C=O) groups excluding carboxylic acids is 1. The molecule has 0 aliphatic rings. The Labute approximate surface area is 141 Å². The third-order valence-corrected chi connectivity index (χ3v) is 5.67. The van der Waals surface area contributed by atoms with Crippen molar-refractivity contribution >= 4 is 50.0 Å². The number of H-pyrrole nitrogens is 1. The van der Waals surface area contributed by atoms with E-state index in [2.05, 4.69) is 15.0 Å². The van der Waals surface area contributed by atoms with E-state index in [1.165, 1.54) is 11.8 Å². The van der Waals surface area contributed by atoms with Crippen molar-refractivity contribution in [2.45, 2.75) is 17.2 Å². The van der Waals surface area contributed by atoms with Gasteiger partial charge in [-0.3, -0.25) is 4.79 Å². The smallest absolute Gasteiger partial charge is 0.178 e. The molecule has 0 unspecified atom stereocenters. The van der Waals surface area contributed by atoms with Crippen LogP contribution in [0.5, 0.6) is 0 Å². The van der Waals surface area contributed by atoms with Crippen LogP contribution in [-0.4, -0.2) is 26.0 Å². The van der Waals surface area contributed by atoms with Crippen LogP contribution in [0.3, 0.4) is 0 Å². The number of ketones is 1. The quantitative estimate of drug-likeness (QED) is 0.337. The molecule has 4 nitrogen and oxygen atoms in total. The van der Waals surface area contributed by atoms with Gasteiger partial charge in [-0.15, -0.1) is 11.3 Å². The predicted octanol–water partition coefficient (Wildman–Crippen LogP) is 4.54. The van der Waals surface area contributed by atoms with Crippen LogP contribution >= 0.6 is 23.1 Å². The number of aromatic nitrogens is 3. The molecule has 0 aliphatic heterocycles. The Morgan fingerprint density at radius 2 is 2.09 bits per heavy atom. The highest BCUT2D eigenvalue weighted by molar-refractivity contribution is 8.00. The summed E-state index contributed by atoms with van der Waals surface area (Å²) in [5, 5.41) is 4.62. The van der Waals surface area contributed by atoms with Crippen molar-refractivity contribution in [3.63, 3.8) is 0 Å². The third kappa shape index (κ3) is 2.54. The Bertz CT molecular complexity index is 1010. The number of rotatable bonds is 4. The normalized spacial score (nSPS) is 12.7. The summed E-state index contributed by atoms with van der Waals surface area (Å²) in [6.07, 6.45) is 3.36. The van der Waals surface area contributed by atoms with E-state index in [0.717, 1.165) is 31.7 Å². The second kappa shape index (κ2) is 5.79. The van der Waals surface area contributed by atoms with Crippen LogP contribution in [0.25, 0.3) is 21.1 Å². The summed E-state index contributed by atoms with van der Waals surface area (Å²) in [5.74, 6) is 0.106. The minimum atomic E-state index is -0.216. The number of thioether (sulfide) groups is 1. The molecule has 1 atom stereocenters. The van der Waals surface area contributed by atoms with Gasteiger partial charge in [-0.25, -0.2) is 9.97 Å². The van der Waals surface area contributed by atoms with Gasteiger partial charge in [-0.05, 0) is 24.4 Å². The SMILES string of the molecule is C[C@@H](Sc1ncnc2sccc12)C(=O)c1c[nH]c2ccccc12. The number of thiophene rings is 1. The van der Waals surface area contributed by atoms with E-state index in [4.69, 9.17) is 0 Å². The zero-order valence-corrected chi connectivity index (χ0v) is 13.9. The van der Waals surface area contributed by atoms with Crippen molar-refractivity contribution < 1.29 is 4.79 Å². The molecular weight excluding hydrogens is 326 g/mol. The first-order chi connectivity index (χ1) is 11.2. The number of fused-ring (bicyclic) bond motifs is 2. The van der Waals surface area contributed by atoms with E-state index in [1.807, 2.05) is 42.6 Å². The summed E-state index contributed by atoms with van der Waals surface area (Å²) in [6.45, 7) is 1.93. The van der Waals surface area contributed by atoms with Gasteiger partial charge < -0.3 is 4.98 Å². The highest BCUT2D eigenvalue weighted by atomic mass is 32.2. The molecule has 1 aromatic carbocycles. The van der Waals surface area contributed by atoms with Crippen LogP contribution in [0.2, 0.25) is 0 Å². The number of carbonyl (C=O) groups is 1. The van der Waals surface area contributed by atoms with Gasteiger partial charge in [0.15, 0.2) is 5.78 Å². The Hall–Kier alpha value is -2.18. The van der Waals surface area contributed by atoms with Crippen LogP contribution in [0, 0.1) is 0 Å². The molecule has 0 fully saturated rings. The van der Waals surface area contributed by atoms with Crippen LogP contribution in [-0.2, 0) is 0 Å². The molecule has 0 amide bonds. The zero-order chi connectivity index (χ0) is 15.8. The summed E-state index contributed by atoms with van der Waals surface area (Å²) >= 11 is 3.07. The van der Waals surface area contributed by atoms with Crippen LogP contribution in [0.1, 0.15) is 17.3 Å². The van der Waals surface area contributed by atoms with Gasteiger partial charge in [0, 0.05) is 28.0 Å². The predicted molar refractivity (Wildman–Crippen MR) is 95.4 cm³/mol. The van der Waals surface area contributed by atoms with Gasteiger partial charge >= 0.3 is 0 Å². The maximum atomic E-state index is 12.8. The standard InChI is InChI=1S/C17H13N3OS2/c1-10(23-17-12-6-7-22-16(12)19-9-20-17)15(21)13-8-18-14-5-3-2-4-11(13)14/h2-10,18H,1H3/t10-/m1/s1. The highest BCUT2D eigenvalue weighted by Crippen LogP contribution is 2.32. The Morgan fingerprint density at radius 3 is 3.00 bits per heavy atom. The molecule has 4 aromatic rings. The fourth-order valence-electron chi connectivity index (χ4n) is 2.58. The fraction of sp³-hybridized carbons (Fsp3) is 0.118. The molecule has 0 radical (unpaired) electrons. The molecule has 0 bridgehead atoms. The van der Waals surface area contributed by atoms with Crippen molar-refractivity contribution in [2.75, 3.05) is 0 Å². The molecule has 3 heterocycles. The van der Waals surface area contributed by atoms with Crippen molar-refractivity contribution in [2.24, 2.45) is 0 Å². The average molecular weight is 339 g/mol. The maximum absolute atomic E-state index is 12.8. The molecule has 0 saturated carbocycles. The van der Waals surface area contributed by atoms with Crippen molar-refractivity contribution in [1.82, 2.24) is 15.0 Å². The first-order valence-corrected chi connectivity index (χ1v) is 8.95. The first-order valence-electron chi connectivity index (χ1n) is 7.19. The number of para-hydroxylation sites is 1. The molecule has 0 spiro atoms. The zero-order valence-electron chi connectivity index (χ0n) is 12.3. The van der Waals surface area contributed by atoms with Gasteiger partial charge in [-0.2, -0.15) is 0 Å². The lowest BCUT2D eigenvalue weighted by Crippen LogP contribution is -2.13. The van der Waals surface area contributed by atoms with E-state index in [-0.39, 0.29) is 11.0 Å². The highest BCUT2D eigenvalue weighted by Gasteiger charge is 2.21. The summed E-state index contributed by atoms with van der Waals surface area (Å²) in [4.78, 5) is 25.5. The van der Waals surface area contributed by atoms with Crippen molar-refractivity contribution in [1.29, 1.82) is 0 Å². The summed E-state index contributed by atoms with van der Waals surface area (Å²) in [6, 6.07) is 9.86. The Morgan fingerprint density at radius 1 is 1.22 bits per heavy atom. The molecule has 23 heavy (non-hydrogen) atoms. The van der Waals surface area contributed by atoms with Gasteiger partial charge in [0.05, 0.1) is 5.25 Å². The van der Waals surface area contributed by atoms with Crippen LogP contribution < -0.4 is 0 Å². The number of hydrogen-bond donors (Lipinski definition) is 1. The van der Waals surface area contributed by atoms with Gasteiger partial charge in [-0.1, -0.05) is 30.0 Å². The molecule has 4 rings (SSSR count). The maximum Gasteiger partial charge on any atom is 0.178 e. The first kappa shape index (κ1) is 14.4. The van der Waals surface area contributed by atoms with Gasteiger partial charge in [0.25, 0.3) is 0 Å². The Kier molecular flexibility index (Phi) is 3.63. The molecule has 114 valence electrons. The number of nitrogens with one attached hydrogen (secondary N) is 1. The number of benzene rings is 1. The number of aromatic amines is 1. The van der Waals surface area contributed by atoms with Crippen LogP contribution in [0.4, 0.5) is 0 Å². The topological polar surface area (TPSA) is 58.6 Å². The van der Waals surface area contributed by atoms with Crippen LogP contribution in [0.15, 0.2) is 53.3 Å². The third-order valence-electron chi connectivity index (χ3n) is 3.74. The lowest BCUT2D eigenvalue weighted by atomic mass is 10.1. The van der Waals surface area contributed by atoms with Crippen molar-refractivity contribution in [3.05, 3.63) is 53.8 Å². The van der Waals surface area contributed by atoms with E-state index < -0.39 is 0 Å². The van der Waals surface area contributed by atoms with E-state index >= 15 is 0 Å². The monoisotopic (exact) mass is 339 g/mol. The molecular formula is C17H13N3OS2. The number of hydrogen-bond acceptors (Lipinski definition) is 5. The molecule has 0 aliphatic carbocycles. The lowest BCUT2D eigenvalue weighted by molar-refractivity contribution is 0.0995. The van der Waals surface area contributed by atoms with Gasteiger partial charge in [0.2, 0.25) is 0 Å². The molecule has 3 aromatic heterocycles. The van der Waals surface area contributed by atoms with Gasteiger partial charge in [0.1, 0.15) is 16.2 Å². The van der Waals surface area contributed by atoms with E-state index in [0.29, 0.717) is 0 Å². The van der Waals surface area contributed by atoms with E-state index in [9.17, 15) is 4.79 Å². The average Bonchev–Trinajstić information content (AvgIpc) is 3.21. The fourth-order valence-corrected chi connectivity index (χ4v) is 4.34. The van der Waals surface area contributed by atoms with E-state index in [1.54, 1.807) is 23.9 Å². The minimum absolute atomic E-state index is 0.106. The van der Waals surface area contributed by atoms with Crippen molar-refractivity contribution in [3.8, 4) is 0 Å². The molecule has 6 heteroatoms. The Balaban J connectivity index is 1.65. The lowest BCUT2D eigenvalue weighted by Gasteiger charge is -2.09. The minimum Gasteiger partial charge on any atom is -0.360 e. The second-order valence-electron chi connectivity index (χ2n) is 5.19. The summed E-state index contributed by atoms with van der Waals surface area (Å²) in [7, 11) is 0. The second-order valence-corrected chi connectivity index (χ2v) is 7.41. The summed E-state index contributed by atoms with van der Waals surface area (Å²) < 4.78 is 0.